The van der Waals surface area contributed by atoms with Crippen LogP contribution < -0.4 is 0 Å². The summed E-state index contributed by atoms with van der Waals surface area (Å²) >= 11 is 3.35. The van der Waals surface area contributed by atoms with Crippen molar-refractivity contribution in [3.05, 3.63) is 28.0 Å². The van der Waals surface area contributed by atoms with Gasteiger partial charge in [0.1, 0.15) is 18.5 Å². The number of rotatable bonds is 6. The van der Waals surface area contributed by atoms with Crippen LogP contribution in [0.4, 0.5) is 0 Å². The summed E-state index contributed by atoms with van der Waals surface area (Å²) in [6.45, 7) is 7.54. The number of halogens is 1. The fraction of sp³-hybridized carbons (Fsp3) is 0.556. The monoisotopic (exact) mass is 453 g/mol. The van der Waals surface area contributed by atoms with Gasteiger partial charge in [0.2, 0.25) is 5.91 Å². The second kappa shape index (κ2) is 7.81. The van der Waals surface area contributed by atoms with E-state index in [1.54, 1.807) is 6.20 Å². The molecule has 1 atom stereocenters. The van der Waals surface area contributed by atoms with Gasteiger partial charge >= 0.3 is 0 Å². The van der Waals surface area contributed by atoms with E-state index in [4.69, 9.17) is 4.74 Å². The Labute approximate surface area is 168 Å². The SMILES string of the molecule is C[Si](C)(C)CCOCN1C(=O)CCC(N2Cc3cc(Br)cnc3C2=O)C1=O. The largest absolute Gasteiger partial charge is 0.361 e. The van der Waals surface area contributed by atoms with Crippen molar-refractivity contribution in [3.8, 4) is 0 Å². The molecule has 0 bridgehead atoms. The molecule has 0 saturated carbocycles. The van der Waals surface area contributed by atoms with E-state index >= 15 is 0 Å². The highest BCUT2D eigenvalue weighted by Gasteiger charge is 2.43. The minimum absolute atomic E-state index is 0.0442. The minimum Gasteiger partial charge on any atom is -0.361 e. The van der Waals surface area contributed by atoms with Crippen LogP contribution in [0, 0.1) is 0 Å². The van der Waals surface area contributed by atoms with Gasteiger partial charge in [-0.2, -0.15) is 0 Å². The Morgan fingerprint density at radius 3 is 2.74 bits per heavy atom. The normalized spacial score (nSPS) is 20.4. The number of nitrogens with zero attached hydrogens (tertiary/aromatic N) is 3. The number of hydrogen-bond acceptors (Lipinski definition) is 5. The number of likely N-dealkylation sites (tertiary alicyclic amines) is 1. The Hall–Kier alpha value is -1.58. The number of carbonyl (C=O) groups excluding carboxylic acids is 3. The smallest absolute Gasteiger partial charge is 0.273 e. The molecule has 1 fully saturated rings. The summed E-state index contributed by atoms with van der Waals surface area (Å²) in [5.74, 6) is -0.862. The highest BCUT2D eigenvalue weighted by molar-refractivity contribution is 9.10. The first-order chi connectivity index (χ1) is 12.7. The zero-order valence-corrected chi connectivity index (χ0v) is 18.4. The number of imide groups is 1. The van der Waals surface area contributed by atoms with E-state index in [1.807, 2.05) is 6.07 Å². The topological polar surface area (TPSA) is 79.8 Å². The lowest BCUT2D eigenvalue weighted by Gasteiger charge is -2.35. The molecule has 0 N–H and O–H groups in total. The second-order valence-corrected chi connectivity index (χ2v) is 14.7. The molecule has 1 saturated heterocycles. The number of amides is 3. The summed E-state index contributed by atoms with van der Waals surface area (Å²) in [6, 6.07) is 2.16. The summed E-state index contributed by atoms with van der Waals surface area (Å²) in [5, 5.41) is 0. The van der Waals surface area contributed by atoms with E-state index < -0.39 is 14.1 Å². The van der Waals surface area contributed by atoms with Gasteiger partial charge in [0, 0.05) is 43.9 Å². The standard InChI is InChI=1S/C18H24BrN3O4Si/c1-27(2,3)7-6-26-11-22-15(23)5-4-14(17(22)24)21-10-12-8-13(19)9-20-16(12)18(21)25/h8-9,14H,4-7,10-11H2,1-3H3. The predicted octanol–water partition coefficient (Wildman–Crippen LogP) is 2.63. The van der Waals surface area contributed by atoms with Crippen molar-refractivity contribution in [3.63, 3.8) is 0 Å². The molecule has 1 aromatic heterocycles. The van der Waals surface area contributed by atoms with E-state index in [0.29, 0.717) is 25.3 Å². The van der Waals surface area contributed by atoms with Crippen molar-refractivity contribution in [1.82, 2.24) is 14.8 Å². The van der Waals surface area contributed by atoms with E-state index in [0.717, 1.165) is 21.0 Å². The molecule has 3 heterocycles. The zero-order valence-electron chi connectivity index (χ0n) is 15.8. The van der Waals surface area contributed by atoms with Gasteiger partial charge < -0.3 is 9.64 Å². The lowest BCUT2D eigenvalue weighted by Crippen LogP contribution is -2.55. The summed E-state index contributed by atoms with van der Waals surface area (Å²) in [6.07, 6.45) is 2.14. The van der Waals surface area contributed by atoms with Crippen molar-refractivity contribution < 1.29 is 19.1 Å². The maximum Gasteiger partial charge on any atom is 0.273 e. The van der Waals surface area contributed by atoms with Gasteiger partial charge in [-0.25, -0.2) is 4.98 Å². The van der Waals surface area contributed by atoms with Crippen LogP contribution in [0.25, 0.3) is 0 Å². The molecule has 3 amide bonds. The maximum absolute atomic E-state index is 12.9. The van der Waals surface area contributed by atoms with E-state index in [2.05, 4.69) is 40.6 Å². The van der Waals surface area contributed by atoms with Gasteiger partial charge in [0.15, 0.2) is 0 Å². The fourth-order valence-corrected chi connectivity index (χ4v) is 4.35. The Morgan fingerprint density at radius 1 is 1.30 bits per heavy atom. The fourth-order valence-electron chi connectivity index (χ4n) is 3.22. The van der Waals surface area contributed by atoms with Gasteiger partial charge in [0.25, 0.3) is 11.8 Å². The summed E-state index contributed by atoms with van der Waals surface area (Å²) < 4.78 is 6.39. The molecule has 146 valence electrons. The van der Waals surface area contributed by atoms with Crippen LogP contribution in [-0.4, -0.2) is 60.0 Å². The van der Waals surface area contributed by atoms with Crippen molar-refractivity contribution in [2.45, 2.75) is 51.1 Å². The molecule has 3 rings (SSSR count). The summed E-state index contributed by atoms with van der Waals surface area (Å²) in [5.41, 5.74) is 1.16. The van der Waals surface area contributed by atoms with Crippen LogP contribution >= 0.6 is 15.9 Å². The third-order valence-corrected chi connectivity index (χ3v) is 6.95. The molecule has 7 nitrogen and oxygen atoms in total. The zero-order chi connectivity index (χ0) is 19.8. The highest BCUT2D eigenvalue weighted by atomic mass is 79.9. The molecule has 0 aliphatic carbocycles. The van der Waals surface area contributed by atoms with Crippen LogP contribution in [0.1, 0.15) is 28.9 Å². The van der Waals surface area contributed by atoms with Gasteiger partial charge in [-0.1, -0.05) is 19.6 Å². The number of piperidine rings is 1. The molecule has 0 spiro atoms. The Bertz CT molecular complexity index is 780. The van der Waals surface area contributed by atoms with Crippen LogP contribution in [0.2, 0.25) is 25.7 Å². The maximum atomic E-state index is 12.9. The van der Waals surface area contributed by atoms with Gasteiger partial charge in [-0.3, -0.25) is 19.3 Å². The first-order valence-electron chi connectivity index (χ1n) is 9.05. The van der Waals surface area contributed by atoms with Crippen LogP contribution in [-0.2, 0) is 20.9 Å². The van der Waals surface area contributed by atoms with Crippen LogP contribution in [0.5, 0.6) is 0 Å². The van der Waals surface area contributed by atoms with Crippen molar-refractivity contribution in [1.29, 1.82) is 0 Å². The molecular weight excluding hydrogens is 430 g/mol. The number of fused-ring (bicyclic) bond motifs is 1. The molecule has 0 aromatic carbocycles. The van der Waals surface area contributed by atoms with Gasteiger partial charge in [0.05, 0.1) is 0 Å². The average Bonchev–Trinajstić information content (AvgIpc) is 2.89. The minimum atomic E-state index is -1.24. The lowest BCUT2D eigenvalue weighted by atomic mass is 10.0. The van der Waals surface area contributed by atoms with Crippen LogP contribution in [0.3, 0.4) is 0 Å². The number of hydrogen-bond donors (Lipinski definition) is 0. The second-order valence-electron chi connectivity index (χ2n) is 8.16. The average molecular weight is 454 g/mol. The number of pyridine rings is 1. The molecule has 2 aliphatic rings. The third-order valence-electron chi connectivity index (χ3n) is 4.81. The molecule has 27 heavy (non-hydrogen) atoms. The van der Waals surface area contributed by atoms with Crippen molar-refractivity contribution >= 4 is 41.7 Å². The highest BCUT2D eigenvalue weighted by Crippen LogP contribution is 2.29. The number of ether oxygens (including phenoxy) is 1. The first kappa shape index (κ1) is 20.2. The van der Waals surface area contributed by atoms with Crippen LogP contribution in [0.15, 0.2) is 16.7 Å². The van der Waals surface area contributed by atoms with Crippen molar-refractivity contribution in [2.75, 3.05) is 13.3 Å². The lowest BCUT2D eigenvalue weighted by molar-refractivity contribution is -0.158. The van der Waals surface area contributed by atoms with Gasteiger partial charge in [-0.15, -0.1) is 0 Å². The van der Waals surface area contributed by atoms with E-state index in [9.17, 15) is 14.4 Å². The van der Waals surface area contributed by atoms with Gasteiger partial charge in [-0.05, 0) is 34.5 Å². The number of carbonyl (C=O) groups is 3. The third kappa shape index (κ3) is 4.47. The molecule has 9 heteroatoms. The Kier molecular flexibility index (Phi) is 5.83. The van der Waals surface area contributed by atoms with Crippen molar-refractivity contribution in [2.24, 2.45) is 0 Å². The molecule has 1 unspecified atom stereocenters. The molecule has 1 aromatic rings. The Morgan fingerprint density at radius 2 is 2.04 bits per heavy atom. The predicted molar refractivity (Wildman–Crippen MR) is 106 cm³/mol. The molecular formula is C18H24BrN3O4Si. The van der Waals surface area contributed by atoms with E-state index in [1.165, 1.54) is 4.90 Å². The first-order valence-corrected chi connectivity index (χ1v) is 13.5. The molecule has 2 aliphatic heterocycles. The quantitative estimate of drug-likeness (QED) is 0.375. The summed E-state index contributed by atoms with van der Waals surface area (Å²) in [4.78, 5) is 44.6. The summed E-state index contributed by atoms with van der Waals surface area (Å²) in [7, 11) is -1.24. The Balaban J connectivity index is 1.66. The number of aromatic nitrogens is 1. The molecule has 0 radical (unpaired) electrons. The van der Waals surface area contributed by atoms with E-state index in [-0.39, 0.29) is 30.9 Å².